The first-order valence-corrected chi connectivity index (χ1v) is 9.46. The van der Waals surface area contributed by atoms with Gasteiger partial charge in [-0.25, -0.2) is 0 Å². The fraction of sp³-hybridized carbons (Fsp3) is 0.650. The van der Waals surface area contributed by atoms with E-state index in [-0.39, 0.29) is 42.2 Å². The summed E-state index contributed by atoms with van der Waals surface area (Å²) in [6.07, 6.45) is 8.00. The number of halogens is 2. The largest absolute Gasteiger partial charge is 0.326 e. The predicted molar refractivity (Wildman–Crippen MR) is 113 cm³/mol. The number of nitrogens with two attached hydrogens (primary N) is 1. The highest BCUT2D eigenvalue weighted by molar-refractivity contribution is 5.93. The van der Waals surface area contributed by atoms with Gasteiger partial charge >= 0.3 is 0 Å². The molecule has 0 spiro atoms. The molecule has 1 aliphatic heterocycles. The van der Waals surface area contributed by atoms with Crippen LogP contribution in [0.2, 0.25) is 0 Å². The molecule has 1 heterocycles. The van der Waals surface area contributed by atoms with Crippen LogP contribution in [-0.2, 0) is 11.3 Å². The van der Waals surface area contributed by atoms with Gasteiger partial charge in [0.25, 0.3) is 0 Å². The first-order chi connectivity index (χ1) is 11.5. The van der Waals surface area contributed by atoms with Crippen molar-refractivity contribution in [2.24, 2.45) is 11.7 Å². The highest BCUT2D eigenvalue weighted by Crippen LogP contribution is 2.32. The zero-order valence-electron chi connectivity index (χ0n) is 15.7. The molecule has 1 aromatic rings. The van der Waals surface area contributed by atoms with Crippen molar-refractivity contribution in [1.82, 2.24) is 4.90 Å². The molecule has 3 N–H and O–H groups in total. The van der Waals surface area contributed by atoms with Crippen LogP contribution < -0.4 is 11.1 Å². The molecule has 1 aromatic carbocycles. The first-order valence-electron chi connectivity index (χ1n) is 9.46. The number of rotatable bonds is 4. The average Bonchev–Trinajstić information content (AvgIpc) is 2.55. The monoisotopic (exact) mass is 401 g/mol. The number of carbonyl (C=O) groups excluding carboxylic acids is 1. The van der Waals surface area contributed by atoms with Crippen LogP contribution >= 0.6 is 24.8 Å². The summed E-state index contributed by atoms with van der Waals surface area (Å²) in [4.78, 5) is 15.2. The predicted octanol–water partition coefficient (Wildman–Crippen LogP) is 4.36. The normalized spacial score (nSPS) is 26.3. The Labute approximate surface area is 170 Å². The number of hydrogen-bond donors (Lipinski definition) is 2. The van der Waals surface area contributed by atoms with Crippen molar-refractivity contribution in [3.8, 4) is 0 Å². The number of likely N-dealkylation sites (tertiary alicyclic amines) is 1. The van der Waals surface area contributed by atoms with Crippen molar-refractivity contribution in [2.45, 2.75) is 64.0 Å². The van der Waals surface area contributed by atoms with Crippen molar-refractivity contribution in [3.05, 3.63) is 29.8 Å². The lowest BCUT2D eigenvalue weighted by Crippen LogP contribution is -2.51. The Kier molecular flexibility index (Phi) is 9.39. The van der Waals surface area contributed by atoms with Gasteiger partial charge in [0.2, 0.25) is 5.91 Å². The molecule has 4 nitrogen and oxygen atoms in total. The van der Waals surface area contributed by atoms with Crippen molar-refractivity contribution in [1.29, 1.82) is 0 Å². The quantitative estimate of drug-likeness (QED) is 0.787. The molecule has 2 unspecified atom stereocenters. The van der Waals surface area contributed by atoms with Gasteiger partial charge in [-0.3, -0.25) is 9.69 Å². The minimum Gasteiger partial charge on any atom is -0.326 e. The van der Waals surface area contributed by atoms with Crippen molar-refractivity contribution < 1.29 is 4.79 Å². The van der Waals surface area contributed by atoms with E-state index in [2.05, 4.69) is 22.3 Å². The summed E-state index contributed by atoms with van der Waals surface area (Å²) < 4.78 is 0. The number of benzene rings is 1. The molecule has 1 saturated heterocycles. The summed E-state index contributed by atoms with van der Waals surface area (Å²) >= 11 is 0. The molecule has 1 saturated carbocycles. The summed E-state index contributed by atoms with van der Waals surface area (Å²) in [6.45, 7) is 5.36. The van der Waals surface area contributed by atoms with Crippen LogP contribution in [0.4, 0.5) is 5.69 Å². The molecule has 148 valence electrons. The van der Waals surface area contributed by atoms with Gasteiger partial charge in [0.05, 0.1) is 5.92 Å². The van der Waals surface area contributed by atoms with Crippen LogP contribution in [-0.4, -0.2) is 29.4 Å². The first kappa shape index (κ1) is 23.2. The van der Waals surface area contributed by atoms with Crippen molar-refractivity contribution >= 4 is 36.4 Å². The van der Waals surface area contributed by atoms with E-state index in [1.807, 2.05) is 19.1 Å². The molecular weight excluding hydrogens is 369 g/mol. The Hall–Kier alpha value is -0.810. The molecule has 6 heteroatoms. The zero-order chi connectivity index (χ0) is 17.0. The second kappa shape index (κ2) is 10.5. The second-order valence-corrected chi connectivity index (χ2v) is 7.83. The zero-order valence-corrected chi connectivity index (χ0v) is 17.3. The molecule has 2 aliphatic rings. The van der Waals surface area contributed by atoms with Crippen LogP contribution in [0.15, 0.2) is 24.3 Å². The maximum Gasteiger partial charge on any atom is 0.229 e. The van der Waals surface area contributed by atoms with E-state index in [4.69, 9.17) is 5.73 Å². The maximum atomic E-state index is 12.7. The molecule has 2 fully saturated rings. The smallest absolute Gasteiger partial charge is 0.229 e. The number of carbonyl (C=O) groups is 1. The van der Waals surface area contributed by atoms with Gasteiger partial charge in [0.1, 0.15) is 0 Å². The third kappa shape index (κ3) is 6.12. The van der Waals surface area contributed by atoms with Crippen LogP contribution in [0.3, 0.4) is 0 Å². The highest BCUT2D eigenvalue weighted by atomic mass is 35.5. The topological polar surface area (TPSA) is 58.4 Å². The van der Waals surface area contributed by atoms with Gasteiger partial charge in [-0.15, -0.1) is 24.8 Å². The van der Waals surface area contributed by atoms with E-state index in [0.29, 0.717) is 0 Å². The summed E-state index contributed by atoms with van der Waals surface area (Å²) in [7, 11) is 0. The SMILES string of the molecule is CC1(N)CCCCC1C(=O)Nc1cccc(CN2CCCCC2)c1.Cl.Cl. The minimum absolute atomic E-state index is 0. The number of nitrogens with one attached hydrogen (secondary N) is 1. The Balaban J connectivity index is 0.00000169. The Morgan fingerprint density at radius 1 is 1.19 bits per heavy atom. The Morgan fingerprint density at radius 3 is 2.62 bits per heavy atom. The van der Waals surface area contributed by atoms with Gasteiger partial charge in [-0.2, -0.15) is 0 Å². The maximum absolute atomic E-state index is 12.7. The highest BCUT2D eigenvalue weighted by Gasteiger charge is 2.37. The number of piperidine rings is 1. The van der Waals surface area contributed by atoms with Crippen LogP contribution in [0.1, 0.15) is 57.4 Å². The standard InChI is InChI=1S/C20H31N3O.2ClH/c1-20(21)11-4-3-10-18(20)19(24)22-17-9-7-8-16(14-17)15-23-12-5-2-6-13-23;;/h7-9,14,18H,2-6,10-13,15,21H2,1H3,(H,22,24);2*1H. The van der Waals surface area contributed by atoms with E-state index in [1.54, 1.807) is 0 Å². The van der Waals surface area contributed by atoms with Gasteiger partial charge in [0.15, 0.2) is 0 Å². The van der Waals surface area contributed by atoms with E-state index < -0.39 is 0 Å². The van der Waals surface area contributed by atoms with Crippen molar-refractivity contribution in [3.63, 3.8) is 0 Å². The third-order valence-corrected chi connectivity index (χ3v) is 5.62. The van der Waals surface area contributed by atoms with Crippen LogP contribution in [0.25, 0.3) is 0 Å². The number of nitrogens with zero attached hydrogens (tertiary/aromatic N) is 1. The molecule has 3 rings (SSSR count). The fourth-order valence-electron chi connectivity index (χ4n) is 4.14. The molecule has 1 aliphatic carbocycles. The number of amides is 1. The van der Waals surface area contributed by atoms with Gasteiger partial charge in [-0.05, 0) is 63.4 Å². The van der Waals surface area contributed by atoms with E-state index >= 15 is 0 Å². The Morgan fingerprint density at radius 2 is 1.92 bits per heavy atom. The average molecular weight is 402 g/mol. The minimum atomic E-state index is -0.381. The third-order valence-electron chi connectivity index (χ3n) is 5.62. The lowest BCUT2D eigenvalue weighted by Gasteiger charge is -2.37. The molecule has 0 bridgehead atoms. The summed E-state index contributed by atoms with van der Waals surface area (Å²) in [5, 5.41) is 3.11. The fourth-order valence-corrected chi connectivity index (χ4v) is 4.14. The summed E-state index contributed by atoms with van der Waals surface area (Å²) in [5.41, 5.74) is 8.15. The van der Waals surface area contributed by atoms with Gasteiger partial charge in [0, 0.05) is 17.8 Å². The number of hydrogen-bond acceptors (Lipinski definition) is 3. The van der Waals surface area contributed by atoms with E-state index in [0.717, 1.165) is 37.9 Å². The summed E-state index contributed by atoms with van der Waals surface area (Å²) in [5.74, 6) is -0.00757. The number of anilines is 1. The lowest BCUT2D eigenvalue weighted by atomic mass is 9.74. The van der Waals surface area contributed by atoms with E-state index in [1.165, 1.54) is 37.9 Å². The summed E-state index contributed by atoms with van der Waals surface area (Å²) in [6, 6.07) is 8.28. The van der Waals surface area contributed by atoms with Gasteiger partial charge in [-0.1, -0.05) is 31.4 Å². The molecule has 2 atom stereocenters. The molecule has 1 amide bonds. The lowest BCUT2D eigenvalue weighted by molar-refractivity contribution is -0.122. The Bertz CT molecular complexity index is 574. The molecular formula is C20H33Cl2N3O. The van der Waals surface area contributed by atoms with Crippen molar-refractivity contribution in [2.75, 3.05) is 18.4 Å². The molecule has 0 aromatic heterocycles. The van der Waals surface area contributed by atoms with Crippen LogP contribution in [0.5, 0.6) is 0 Å². The second-order valence-electron chi connectivity index (χ2n) is 7.83. The van der Waals surface area contributed by atoms with Gasteiger partial charge < -0.3 is 11.1 Å². The van der Waals surface area contributed by atoms with E-state index in [9.17, 15) is 4.79 Å². The molecule has 0 radical (unpaired) electrons. The molecule has 26 heavy (non-hydrogen) atoms. The van der Waals surface area contributed by atoms with Crippen LogP contribution in [0, 0.1) is 5.92 Å².